The summed E-state index contributed by atoms with van der Waals surface area (Å²) in [5.74, 6) is 0.0356. The largest absolute Gasteiger partial charge is 0.495 e. The average Bonchev–Trinajstić information content (AvgIpc) is 3.71. The van der Waals surface area contributed by atoms with E-state index in [9.17, 15) is 13.2 Å². The van der Waals surface area contributed by atoms with E-state index in [-0.39, 0.29) is 22.4 Å². The Hall–Kier alpha value is -3.20. The number of methoxy groups -OCH3 is 1. The number of aromatic nitrogens is 2. The highest BCUT2D eigenvalue weighted by Crippen LogP contribution is 2.41. The van der Waals surface area contributed by atoms with Crippen LogP contribution in [0.2, 0.25) is 0 Å². The first-order chi connectivity index (χ1) is 15.5. The van der Waals surface area contributed by atoms with E-state index in [1.807, 2.05) is 0 Å². The molecular formula is C23H23N3O5S. The maximum atomic E-state index is 14.0. The lowest BCUT2D eigenvalue weighted by Crippen LogP contribution is -2.38. The van der Waals surface area contributed by atoms with Crippen LogP contribution in [0, 0.1) is 11.8 Å². The average molecular weight is 454 g/mol. The molecule has 0 saturated heterocycles. The van der Waals surface area contributed by atoms with Crippen molar-refractivity contribution in [1.29, 1.82) is 0 Å². The summed E-state index contributed by atoms with van der Waals surface area (Å²) in [6.45, 7) is 0.427. The Kier molecular flexibility index (Phi) is 5.21. The summed E-state index contributed by atoms with van der Waals surface area (Å²) in [6.07, 6.45) is 6.49. The number of sulfonamides is 1. The van der Waals surface area contributed by atoms with Crippen LogP contribution in [0.5, 0.6) is 11.6 Å². The summed E-state index contributed by atoms with van der Waals surface area (Å²) >= 11 is 0. The molecule has 2 aliphatic rings. The number of pyridine rings is 2. The van der Waals surface area contributed by atoms with Crippen LogP contribution < -0.4 is 13.8 Å². The van der Waals surface area contributed by atoms with E-state index >= 15 is 0 Å². The molecule has 32 heavy (non-hydrogen) atoms. The molecule has 5 rings (SSSR count). The summed E-state index contributed by atoms with van der Waals surface area (Å²) in [7, 11) is -2.83. The second-order valence-electron chi connectivity index (χ2n) is 8.16. The molecule has 2 fully saturated rings. The predicted octanol–water partition coefficient (Wildman–Crippen LogP) is 3.56. The Balaban J connectivity index is 1.67. The fourth-order valence-corrected chi connectivity index (χ4v) is 5.21. The van der Waals surface area contributed by atoms with E-state index in [2.05, 4.69) is 9.97 Å². The van der Waals surface area contributed by atoms with Gasteiger partial charge in [-0.3, -0.25) is 9.78 Å². The summed E-state index contributed by atoms with van der Waals surface area (Å²) in [5, 5.41) is 0.444. The number of fused-ring (bicyclic) bond motifs is 1. The molecule has 0 radical (unpaired) electrons. The maximum absolute atomic E-state index is 14.0. The van der Waals surface area contributed by atoms with E-state index in [1.54, 1.807) is 30.5 Å². The second kappa shape index (κ2) is 8.05. The van der Waals surface area contributed by atoms with Crippen molar-refractivity contribution in [1.82, 2.24) is 9.97 Å². The molecule has 0 spiro atoms. The molecule has 2 heterocycles. The third-order valence-electron chi connectivity index (χ3n) is 5.67. The number of ether oxygens (including phenoxy) is 2. The van der Waals surface area contributed by atoms with Gasteiger partial charge >= 0.3 is 0 Å². The molecule has 0 atom stereocenters. The Morgan fingerprint density at radius 2 is 1.94 bits per heavy atom. The van der Waals surface area contributed by atoms with Crippen LogP contribution in [-0.4, -0.2) is 38.0 Å². The number of rotatable bonds is 8. The number of anilines is 1. The SMILES string of the molecule is COc1cnc(OCC2CC2)c(N(C(=O)C2CC2)S(=O)(=O)c2cccc3ncccc23)c1. The van der Waals surface area contributed by atoms with Gasteiger partial charge in [-0.1, -0.05) is 6.07 Å². The summed E-state index contributed by atoms with van der Waals surface area (Å²) in [6, 6.07) is 9.70. The molecule has 0 aliphatic heterocycles. The summed E-state index contributed by atoms with van der Waals surface area (Å²) < 4.78 is 40.0. The highest BCUT2D eigenvalue weighted by Gasteiger charge is 2.42. The lowest BCUT2D eigenvalue weighted by Gasteiger charge is -2.25. The molecule has 3 aromatic rings. The second-order valence-corrected chi connectivity index (χ2v) is 9.92. The van der Waals surface area contributed by atoms with Gasteiger partial charge < -0.3 is 9.47 Å². The van der Waals surface area contributed by atoms with Gasteiger partial charge in [0, 0.05) is 23.6 Å². The molecule has 166 valence electrons. The molecule has 0 N–H and O–H groups in total. The van der Waals surface area contributed by atoms with Gasteiger partial charge in [0.15, 0.2) is 0 Å². The Morgan fingerprint density at radius 3 is 2.66 bits per heavy atom. The lowest BCUT2D eigenvalue weighted by molar-refractivity contribution is -0.118. The van der Waals surface area contributed by atoms with E-state index in [0.29, 0.717) is 42.0 Å². The van der Waals surface area contributed by atoms with Gasteiger partial charge in [-0.15, -0.1) is 0 Å². The van der Waals surface area contributed by atoms with Gasteiger partial charge in [-0.05, 0) is 55.9 Å². The van der Waals surface area contributed by atoms with Crippen molar-refractivity contribution < 1.29 is 22.7 Å². The molecule has 2 aliphatic carbocycles. The Labute approximate surface area is 186 Å². The molecular weight excluding hydrogens is 430 g/mol. The summed E-state index contributed by atoms with van der Waals surface area (Å²) in [4.78, 5) is 21.9. The van der Waals surface area contributed by atoms with Crippen LogP contribution in [0.3, 0.4) is 0 Å². The van der Waals surface area contributed by atoms with Gasteiger partial charge in [0.1, 0.15) is 11.4 Å². The van der Waals surface area contributed by atoms with Gasteiger partial charge in [0.05, 0.1) is 30.3 Å². The standard InChI is InChI=1S/C23H23N3O5S/c1-30-17-12-20(22(25-13-17)31-14-15-7-8-15)26(23(27)16-9-10-16)32(28,29)21-6-2-5-19-18(21)4-3-11-24-19/h2-6,11-13,15-16H,7-10,14H2,1H3. The highest BCUT2D eigenvalue weighted by atomic mass is 32.2. The van der Waals surface area contributed by atoms with Crippen LogP contribution in [0.25, 0.3) is 10.9 Å². The van der Waals surface area contributed by atoms with Gasteiger partial charge in [0.2, 0.25) is 11.8 Å². The lowest BCUT2D eigenvalue weighted by atomic mass is 10.2. The van der Waals surface area contributed by atoms with Crippen LogP contribution in [0.4, 0.5) is 5.69 Å². The van der Waals surface area contributed by atoms with Gasteiger partial charge in [0.25, 0.3) is 10.0 Å². The zero-order valence-electron chi connectivity index (χ0n) is 17.6. The van der Waals surface area contributed by atoms with Crippen molar-refractivity contribution in [3.8, 4) is 11.6 Å². The normalized spacial score (nSPS) is 16.0. The Bertz CT molecular complexity index is 1280. The minimum atomic E-state index is -4.29. The minimum Gasteiger partial charge on any atom is -0.495 e. The number of nitrogens with zero attached hydrogens (tertiary/aromatic N) is 3. The number of carbonyl (C=O) groups is 1. The number of carbonyl (C=O) groups excluding carboxylic acids is 1. The molecule has 1 amide bonds. The van der Waals surface area contributed by atoms with Crippen LogP contribution in [0.15, 0.2) is 53.7 Å². The van der Waals surface area contributed by atoms with Crippen molar-refractivity contribution in [2.24, 2.45) is 11.8 Å². The molecule has 2 aromatic heterocycles. The first-order valence-corrected chi connectivity index (χ1v) is 12.0. The predicted molar refractivity (Wildman–Crippen MR) is 118 cm³/mol. The van der Waals surface area contributed by atoms with E-state index in [1.165, 1.54) is 25.4 Å². The van der Waals surface area contributed by atoms with Crippen molar-refractivity contribution in [2.75, 3.05) is 18.0 Å². The third kappa shape index (κ3) is 3.88. The number of amides is 1. The maximum Gasteiger partial charge on any atom is 0.271 e. The monoisotopic (exact) mass is 453 g/mol. The molecule has 0 bridgehead atoms. The topological polar surface area (TPSA) is 98.7 Å². The zero-order valence-corrected chi connectivity index (χ0v) is 18.4. The molecule has 9 heteroatoms. The van der Waals surface area contributed by atoms with E-state index < -0.39 is 15.9 Å². The van der Waals surface area contributed by atoms with Crippen molar-refractivity contribution in [3.05, 3.63) is 48.8 Å². The van der Waals surface area contributed by atoms with Gasteiger partial charge in [-0.2, -0.15) is 4.31 Å². The number of hydrogen-bond acceptors (Lipinski definition) is 7. The van der Waals surface area contributed by atoms with Crippen LogP contribution in [0.1, 0.15) is 25.7 Å². The van der Waals surface area contributed by atoms with E-state index in [4.69, 9.17) is 9.47 Å². The minimum absolute atomic E-state index is 0.00747. The highest BCUT2D eigenvalue weighted by molar-refractivity contribution is 7.93. The first kappa shape index (κ1) is 20.7. The van der Waals surface area contributed by atoms with E-state index in [0.717, 1.165) is 17.1 Å². The molecule has 1 aromatic carbocycles. The van der Waals surface area contributed by atoms with Gasteiger partial charge in [-0.25, -0.2) is 13.4 Å². The van der Waals surface area contributed by atoms with Crippen molar-refractivity contribution in [2.45, 2.75) is 30.6 Å². The number of benzene rings is 1. The number of hydrogen-bond donors (Lipinski definition) is 0. The zero-order chi connectivity index (χ0) is 22.3. The third-order valence-corrected chi connectivity index (χ3v) is 7.43. The fraction of sp³-hybridized carbons (Fsp3) is 0.348. The Morgan fingerprint density at radius 1 is 1.12 bits per heavy atom. The van der Waals surface area contributed by atoms with Crippen LogP contribution >= 0.6 is 0 Å². The smallest absolute Gasteiger partial charge is 0.271 e. The molecule has 0 unspecified atom stereocenters. The van der Waals surface area contributed by atoms with Crippen molar-refractivity contribution >= 4 is 32.5 Å². The molecule has 8 nitrogen and oxygen atoms in total. The summed E-state index contributed by atoms with van der Waals surface area (Å²) in [5.41, 5.74) is 0.601. The fourth-order valence-electron chi connectivity index (χ4n) is 3.53. The molecule has 2 saturated carbocycles. The quantitative estimate of drug-likeness (QED) is 0.514. The first-order valence-electron chi connectivity index (χ1n) is 10.6. The van der Waals surface area contributed by atoms with Crippen LogP contribution in [-0.2, 0) is 14.8 Å². The van der Waals surface area contributed by atoms with Crippen molar-refractivity contribution in [3.63, 3.8) is 0 Å².